The molecule has 0 saturated carbocycles. The highest BCUT2D eigenvalue weighted by molar-refractivity contribution is 6.28. The predicted molar refractivity (Wildman–Crippen MR) is 63.7 cm³/mol. The molecule has 0 N–H and O–H groups in total. The predicted octanol–water partition coefficient (Wildman–Crippen LogP) is 3.74. The van der Waals surface area contributed by atoms with E-state index in [2.05, 4.69) is 23.1 Å². The number of benzene rings is 1. The third kappa shape index (κ3) is 2.87. The van der Waals surface area contributed by atoms with Gasteiger partial charge in [-0.05, 0) is 17.7 Å². The van der Waals surface area contributed by atoms with Crippen LogP contribution in [0, 0.1) is 5.82 Å². The minimum atomic E-state index is -0.293. The van der Waals surface area contributed by atoms with Gasteiger partial charge in [-0.2, -0.15) is 0 Å². The number of rotatable bonds is 1. The Bertz CT molecular complexity index is 457. The van der Waals surface area contributed by atoms with E-state index in [4.69, 9.17) is 11.6 Å². The SMILES string of the molecule is C=C.Fc1ccccc1-c1cnc(Cl)nc1. The average molecular weight is 237 g/mol. The fourth-order valence-electron chi connectivity index (χ4n) is 1.15. The molecule has 1 aromatic heterocycles. The summed E-state index contributed by atoms with van der Waals surface area (Å²) in [6.45, 7) is 6.00. The van der Waals surface area contributed by atoms with Gasteiger partial charge >= 0.3 is 0 Å². The molecule has 4 heteroatoms. The van der Waals surface area contributed by atoms with Crippen molar-refractivity contribution >= 4 is 11.6 Å². The summed E-state index contributed by atoms with van der Waals surface area (Å²) in [5.41, 5.74) is 1.09. The highest BCUT2D eigenvalue weighted by Crippen LogP contribution is 2.20. The van der Waals surface area contributed by atoms with Crippen LogP contribution in [-0.2, 0) is 0 Å². The maximum atomic E-state index is 13.3. The lowest BCUT2D eigenvalue weighted by Gasteiger charge is -2.01. The quantitative estimate of drug-likeness (QED) is 0.557. The van der Waals surface area contributed by atoms with Gasteiger partial charge in [-0.15, -0.1) is 13.2 Å². The maximum Gasteiger partial charge on any atom is 0.222 e. The summed E-state index contributed by atoms with van der Waals surface area (Å²) >= 11 is 5.52. The van der Waals surface area contributed by atoms with Crippen molar-refractivity contribution in [2.24, 2.45) is 0 Å². The monoisotopic (exact) mass is 236 g/mol. The first-order chi connectivity index (χ1) is 7.77. The third-order valence-electron chi connectivity index (χ3n) is 1.81. The molecule has 0 unspecified atom stereocenters. The summed E-state index contributed by atoms with van der Waals surface area (Å²) < 4.78 is 13.3. The summed E-state index contributed by atoms with van der Waals surface area (Å²) in [6, 6.07) is 6.45. The number of aromatic nitrogens is 2. The molecule has 0 saturated heterocycles. The van der Waals surface area contributed by atoms with Crippen molar-refractivity contribution in [1.29, 1.82) is 0 Å². The molecule has 0 fully saturated rings. The van der Waals surface area contributed by atoms with Crippen LogP contribution in [-0.4, -0.2) is 9.97 Å². The van der Waals surface area contributed by atoms with Crippen molar-refractivity contribution in [2.75, 3.05) is 0 Å². The highest BCUT2D eigenvalue weighted by Gasteiger charge is 2.04. The third-order valence-corrected chi connectivity index (χ3v) is 2.00. The molecule has 0 aliphatic heterocycles. The maximum absolute atomic E-state index is 13.3. The lowest BCUT2D eigenvalue weighted by Crippen LogP contribution is -1.87. The molecule has 0 aliphatic rings. The second-order valence-electron chi connectivity index (χ2n) is 2.72. The van der Waals surface area contributed by atoms with Crippen molar-refractivity contribution < 1.29 is 4.39 Å². The molecular formula is C12H10ClFN2. The first kappa shape index (κ1) is 12.3. The van der Waals surface area contributed by atoms with Gasteiger partial charge < -0.3 is 0 Å². The minimum Gasteiger partial charge on any atom is -0.226 e. The van der Waals surface area contributed by atoms with Gasteiger partial charge in [0, 0.05) is 23.5 Å². The van der Waals surface area contributed by atoms with E-state index < -0.39 is 0 Å². The zero-order chi connectivity index (χ0) is 12.0. The Hall–Kier alpha value is -1.74. The zero-order valence-corrected chi connectivity index (χ0v) is 9.28. The number of hydrogen-bond acceptors (Lipinski definition) is 2. The van der Waals surface area contributed by atoms with Gasteiger partial charge in [-0.25, -0.2) is 14.4 Å². The topological polar surface area (TPSA) is 25.8 Å². The van der Waals surface area contributed by atoms with Crippen LogP contribution in [0.5, 0.6) is 0 Å². The van der Waals surface area contributed by atoms with Gasteiger partial charge in [0.25, 0.3) is 0 Å². The number of hydrogen-bond donors (Lipinski definition) is 0. The second kappa shape index (κ2) is 5.98. The van der Waals surface area contributed by atoms with E-state index >= 15 is 0 Å². The second-order valence-corrected chi connectivity index (χ2v) is 3.06. The summed E-state index contributed by atoms with van der Waals surface area (Å²) in [4.78, 5) is 7.57. The van der Waals surface area contributed by atoms with Gasteiger partial charge in [-0.1, -0.05) is 18.2 Å². The van der Waals surface area contributed by atoms with E-state index in [1.807, 2.05) is 0 Å². The van der Waals surface area contributed by atoms with Gasteiger partial charge in [0.1, 0.15) is 5.82 Å². The molecular weight excluding hydrogens is 227 g/mol. The fraction of sp³-hybridized carbons (Fsp3) is 0. The van der Waals surface area contributed by atoms with E-state index in [1.165, 1.54) is 18.5 Å². The van der Waals surface area contributed by atoms with Crippen LogP contribution < -0.4 is 0 Å². The first-order valence-corrected chi connectivity index (χ1v) is 4.87. The Morgan fingerprint density at radius 3 is 2.19 bits per heavy atom. The summed E-state index contributed by atoms with van der Waals surface area (Å²) in [6.07, 6.45) is 2.99. The van der Waals surface area contributed by atoms with E-state index in [9.17, 15) is 4.39 Å². The van der Waals surface area contributed by atoms with Crippen LogP contribution in [0.15, 0.2) is 49.8 Å². The molecule has 0 atom stereocenters. The largest absolute Gasteiger partial charge is 0.226 e. The van der Waals surface area contributed by atoms with Gasteiger partial charge in [0.15, 0.2) is 0 Å². The fourth-order valence-corrected chi connectivity index (χ4v) is 1.24. The van der Waals surface area contributed by atoms with E-state index in [1.54, 1.807) is 18.2 Å². The highest BCUT2D eigenvalue weighted by atomic mass is 35.5. The Morgan fingerprint density at radius 2 is 1.62 bits per heavy atom. The molecule has 0 amide bonds. The number of nitrogens with zero attached hydrogens (tertiary/aromatic N) is 2. The van der Waals surface area contributed by atoms with E-state index in [0.29, 0.717) is 11.1 Å². The average Bonchev–Trinajstić information content (AvgIpc) is 2.34. The van der Waals surface area contributed by atoms with Gasteiger partial charge in [0.2, 0.25) is 5.28 Å². The number of halogens is 2. The van der Waals surface area contributed by atoms with Crippen LogP contribution >= 0.6 is 11.6 Å². The lowest BCUT2D eigenvalue weighted by molar-refractivity contribution is 0.631. The molecule has 82 valence electrons. The standard InChI is InChI=1S/C10H6ClFN2.C2H4/c11-10-13-5-7(6-14-10)8-3-1-2-4-9(8)12;1-2/h1-6H;1-2H2. The normalized spacial score (nSPS) is 9.12. The summed E-state index contributed by atoms with van der Waals surface area (Å²) in [7, 11) is 0. The lowest BCUT2D eigenvalue weighted by atomic mass is 10.1. The molecule has 16 heavy (non-hydrogen) atoms. The molecule has 0 bridgehead atoms. The van der Waals surface area contributed by atoms with Crippen LogP contribution in [0.25, 0.3) is 11.1 Å². The van der Waals surface area contributed by atoms with E-state index in [0.717, 1.165) is 0 Å². The van der Waals surface area contributed by atoms with Crippen LogP contribution in [0.4, 0.5) is 4.39 Å². The summed E-state index contributed by atoms with van der Waals surface area (Å²) in [5, 5.41) is 0.157. The molecule has 0 aliphatic carbocycles. The molecule has 0 spiro atoms. The molecule has 2 aromatic rings. The van der Waals surface area contributed by atoms with Crippen LogP contribution in [0.1, 0.15) is 0 Å². The smallest absolute Gasteiger partial charge is 0.222 e. The van der Waals surface area contributed by atoms with Gasteiger partial charge in [-0.3, -0.25) is 0 Å². The minimum absolute atomic E-state index is 0.157. The Morgan fingerprint density at radius 1 is 1.06 bits per heavy atom. The first-order valence-electron chi connectivity index (χ1n) is 4.50. The van der Waals surface area contributed by atoms with Crippen LogP contribution in [0.3, 0.4) is 0 Å². The van der Waals surface area contributed by atoms with Crippen molar-refractivity contribution in [3.8, 4) is 11.1 Å². The Balaban J connectivity index is 0.000000606. The summed E-state index contributed by atoms with van der Waals surface area (Å²) in [5.74, 6) is -0.293. The van der Waals surface area contributed by atoms with Crippen molar-refractivity contribution in [2.45, 2.75) is 0 Å². The Labute approximate surface area is 98.4 Å². The van der Waals surface area contributed by atoms with Crippen LogP contribution in [0.2, 0.25) is 5.28 Å². The van der Waals surface area contributed by atoms with Crippen molar-refractivity contribution in [3.63, 3.8) is 0 Å². The molecule has 2 nitrogen and oxygen atoms in total. The Kier molecular flexibility index (Phi) is 4.61. The molecule has 0 radical (unpaired) electrons. The molecule has 2 rings (SSSR count). The molecule has 1 aromatic carbocycles. The van der Waals surface area contributed by atoms with E-state index in [-0.39, 0.29) is 11.1 Å². The zero-order valence-electron chi connectivity index (χ0n) is 8.53. The van der Waals surface area contributed by atoms with Crippen molar-refractivity contribution in [3.05, 3.63) is 60.9 Å². The van der Waals surface area contributed by atoms with Gasteiger partial charge in [0.05, 0.1) is 0 Å². The van der Waals surface area contributed by atoms with Crippen molar-refractivity contribution in [1.82, 2.24) is 9.97 Å². The molecule has 1 heterocycles.